The fourth-order valence-electron chi connectivity index (χ4n) is 1.92. The molecular formula is C16H12ClF3N2O2. The third-order valence-corrected chi connectivity index (χ3v) is 3.26. The molecule has 0 saturated carbocycles. The fraction of sp³-hybridized carbons (Fsp3) is 0.125. The van der Waals surface area contributed by atoms with Crippen molar-refractivity contribution in [3.63, 3.8) is 0 Å². The molecule has 2 aromatic carbocycles. The minimum Gasteiger partial charge on any atom is -0.273 e. The van der Waals surface area contributed by atoms with Crippen LogP contribution in [-0.4, -0.2) is 11.8 Å². The van der Waals surface area contributed by atoms with Crippen molar-refractivity contribution in [2.24, 2.45) is 0 Å². The summed E-state index contributed by atoms with van der Waals surface area (Å²) >= 11 is 5.75. The van der Waals surface area contributed by atoms with Crippen LogP contribution in [0.3, 0.4) is 0 Å². The van der Waals surface area contributed by atoms with Crippen LogP contribution in [0.5, 0.6) is 0 Å². The molecule has 0 unspecified atom stereocenters. The van der Waals surface area contributed by atoms with Gasteiger partial charge in [-0.3, -0.25) is 20.4 Å². The molecule has 0 spiro atoms. The van der Waals surface area contributed by atoms with E-state index < -0.39 is 23.6 Å². The molecule has 2 rings (SSSR count). The van der Waals surface area contributed by atoms with Gasteiger partial charge in [0.1, 0.15) is 0 Å². The van der Waals surface area contributed by atoms with Crippen LogP contribution in [0.2, 0.25) is 5.02 Å². The van der Waals surface area contributed by atoms with Crippen molar-refractivity contribution in [3.05, 3.63) is 70.2 Å². The molecule has 4 nitrogen and oxygen atoms in total. The number of hydrogen-bond acceptors (Lipinski definition) is 2. The first-order valence-corrected chi connectivity index (χ1v) is 7.14. The Morgan fingerprint density at radius 3 is 2.38 bits per heavy atom. The molecule has 24 heavy (non-hydrogen) atoms. The first kappa shape index (κ1) is 17.8. The van der Waals surface area contributed by atoms with Gasteiger partial charge in [-0.2, -0.15) is 13.2 Å². The zero-order valence-corrected chi connectivity index (χ0v) is 12.9. The van der Waals surface area contributed by atoms with Gasteiger partial charge in [0, 0.05) is 10.6 Å². The summed E-state index contributed by atoms with van der Waals surface area (Å²) in [5.41, 5.74) is 3.90. The van der Waals surface area contributed by atoms with Crippen LogP contribution >= 0.6 is 11.6 Å². The summed E-state index contributed by atoms with van der Waals surface area (Å²) in [6, 6.07) is 10.5. The second-order valence-corrected chi connectivity index (χ2v) is 5.32. The molecule has 0 atom stereocenters. The van der Waals surface area contributed by atoms with Gasteiger partial charge in [0.2, 0.25) is 5.91 Å². The van der Waals surface area contributed by atoms with E-state index in [1.165, 1.54) is 24.3 Å². The summed E-state index contributed by atoms with van der Waals surface area (Å²) < 4.78 is 37.8. The van der Waals surface area contributed by atoms with Crippen LogP contribution in [0.25, 0.3) is 0 Å². The minimum absolute atomic E-state index is 0.180. The average molecular weight is 357 g/mol. The van der Waals surface area contributed by atoms with Crippen LogP contribution in [0.4, 0.5) is 13.2 Å². The summed E-state index contributed by atoms with van der Waals surface area (Å²) in [5, 5.41) is 0.359. The SMILES string of the molecule is O=C(Cc1cccc(C(F)(F)F)c1)NNC(=O)c1cccc(Cl)c1. The number of amides is 2. The summed E-state index contributed by atoms with van der Waals surface area (Å²) in [7, 11) is 0. The van der Waals surface area contributed by atoms with E-state index in [9.17, 15) is 22.8 Å². The quantitative estimate of drug-likeness (QED) is 0.828. The molecule has 0 heterocycles. The molecule has 0 aliphatic heterocycles. The number of hydrogen-bond donors (Lipinski definition) is 2. The number of nitrogens with one attached hydrogen (secondary N) is 2. The first-order chi connectivity index (χ1) is 11.3. The van der Waals surface area contributed by atoms with E-state index in [4.69, 9.17) is 11.6 Å². The number of alkyl halides is 3. The summed E-state index contributed by atoms with van der Waals surface area (Å²) in [6.07, 6.45) is -4.78. The van der Waals surface area contributed by atoms with E-state index >= 15 is 0 Å². The lowest BCUT2D eigenvalue weighted by Crippen LogP contribution is -2.42. The first-order valence-electron chi connectivity index (χ1n) is 6.76. The van der Waals surface area contributed by atoms with Gasteiger partial charge in [-0.15, -0.1) is 0 Å². The van der Waals surface area contributed by atoms with E-state index in [-0.39, 0.29) is 17.5 Å². The van der Waals surface area contributed by atoms with Gasteiger partial charge in [0.05, 0.1) is 12.0 Å². The lowest BCUT2D eigenvalue weighted by atomic mass is 10.1. The highest BCUT2D eigenvalue weighted by atomic mass is 35.5. The Balaban J connectivity index is 1.93. The van der Waals surface area contributed by atoms with E-state index in [0.29, 0.717) is 5.02 Å². The highest BCUT2D eigenvalue weighted by molar-refractivity contribution is 6.30. The van der Waals surface area contributed by atoms with Crippen molar-refractivity contribution in [2.45, 2.75) is 12.6 Å². The zero-order chi connectivity index (χ0) is 17.7. The van der Waals surface area contributed by atoms with E-state index in [2.05, 4.69) is 10.9 Å². The zero-order valence-electron chi connectivity index (χ0n) is 12.2. The van der Waals surface area contributed by atoms with Gasteiger partial charge in [0.15, 0.2) is 0 Å². The second kappa shape index (κ2) is 7.35. The van der Waals surface area contributed by atoms with E-state index in [0.717, 1.165) is 12.1 Å². The molecule has 8 heteroatoms. The number of hydrazine groups is 1. The average Bonchev–Trinajstić information content (AvgIpc) is 2.52. The van der Waals surface area contributed by atoms with Gasteiger partial charge >= 0.3 is 6.18 Å². The monoisotopic (exact) mass is 356 g/mol. The van der Waals surface area contributed by atoms with Crippen LogP contribution in [0.1, 0.15) is 21.5 Å². The maximum atomic E-state index is 12.6. The van der Waals surface area contributed by atoms with Crippen molar-refractivity contribution >= 4 is 23.4 Å². The van der Waals surface area contributed by atoms with E-state index in [1.807, 2.05) is 0 Å². The molecule has 0 saturated heterocycles. The predicted molar refractivity (Wildman–Crippen MR) is 82.2 cm³/mol. The largest absolute Gasteiger partial charge is 0.416 e. The van der Waals surface area contributed by atoms with Gasteiger partial charge in [-0.25, -0.2) is 0 Å². The molecule has 126 valence electrons. The van der Waals surface area contributed by atoms with Gasteiger partial charge in [-0.1, -0.05) is 35.9 Å². The summed E-state index contributed by atoms with van der Waals surface area (Å²) in [6.45, 7) is 0. The van der Waals surface area contributed by atoms with Crippen molar-refractivity contribution < 1.29 is 22.8 Å². The molecule has 0 aliphatic carbocycles. The molecule has 2 N–H and O–H groups in total. The van der Waals surface area contributed by atoms with Gasteiger partial charge in [-0.05, 0) is 29.8 Å². The van der Waals surface area contributed by atoms with Crippen LogP contribution in [0.15, 0.2) is 48.5 Å². The highest BCUT2D eigenvalue weighted by Gasteiger charge is 2.30. The Morgan fingerprint density at radius 1 is 1.00 bits per heavy atom. The number of benzene rings is 2. The van der Waals surface area contributed by atoms with Crippen molar-refractivity contribution in [1.29, 1.82) is 0 Å². The predicted octanol–water partition coefficient (Wildman–Crippen LogP) is 3.36. The molecule has 2 aromatic rings. The lowest BCUT2D eigenvalue weighted by Gasteiger charge is -2.10. The lowest BCUT2D eigenvalue weighted by molar-refractivity contribution is -0.137. The number of rotatable bonds is 3. The fourth-order valence-corrected chi connectivity index (χ4v) is 2.11. The molecule has 0 fully saturated rings. The number of carbonyl (C=O) groups excluding carboxylic acids is 2. The molecule has 0 radical (unpaired) electrons. The Kier molecular flexibility index (Phi) is 5.46. The van der Waals surface area contributed by atoms with Gasteiger partial charge < -0.3 is 0 Å². The van der Waals surface area contributed by atoms with Crippen molar-refractivity contribution in [3.8, 4) is 0 Å². The van der Waals surface area contributed by atoms with Crippen LogP contribution in [-0.2, 0) is 17.4 Å². The second-order valence-electron chi connectivity index (χ2n) is 4.89. The minimum atomic E-state index is -4.48. The summed E-state index contributed by atoms with van der Waals surface area (Å²) in [4.78, 5) is 23.5. The number of halogens is 4. The standard InChI is InChI=1S/C16H12ClF3N2O2/c17-13-6-2-4-11(9-13)15(24)22-21-14(23)8-10-3-1-5-12(7-10)16(18,19)20/h1-7,9H,8H2,(H,21,23)(H,22,24). The Hall–Kier alpha value is -2.54. The van der Waals surface area contributed by atoms with Crippen molar-refractivity contribution in [2.75, 3.05) is 0 Å². The maximum absolute atomic E-state index is 12.6. The number of carbonyl (C=O) groups is 2. The maximum Gasteiger partial charge on any atom is 0.416 e. The molecule has 2 amide bonds. The summed E-state index contributed by atoms with van der Waals surface area (Å²) in [5.74, 6) is -1.24. The molecule has 0 aromatic heterocycles. The van der Waals surface area contributed by atoms with Gasteiger partial charge in [0.25, 0.3) is 5.91 Å². The third kappa shape index (κ3) is 4.99. The Bertz CT molecular complexity index is 763. The smallest absolute Gasteiger partial charge is 0.273 e. The van der Waals surface area contributed by atoms with Crippen molar-refractivity contribution in [1.82, 2.24) is 10.9 Å². The normalized spacial score (nSPS) is 11.0. The van der Waals surface area contributed by atoms with Crippen LogP contribution in [0, 0.1) is 0 Å². The Labute approximate surface area is 140 Å². The third-order valence-electron chi connectivity index (χ3n) is 3.02. The molecular weight excluding hydrogens is 345 g/mol. The Morgan fingerprint density at radius 2 is 1.71 bits per heavy atom. The molecule has 0 aliphatic rings. The highest BCUT2D eigenvalue weighted by Crippen LogP contribution is 2.29. The molecule has 0 bridgehead atoms. The topological polar surface area (TPSA) is 58.2 Å². The van der Waals surface area contributed by atoms with E-state index in [1.54, 1.807) is 12.1 Å². The van der Waals surface area contributed by atoms with Crippen LogP contribution < -0.4 is 10.9 Å².